The van der Waals surface area contributed by atoms with Gasteiger partial charge in [0, 0.05) is 16.2 Å². The Labute approximate surface area is 184 Å². The molecule has 1 aliphatic heterocycles. The third kappa shape index (κ3) is 3.64. The predicted molar refractivity (Wildman–Crippen MR) is 123 cm³/mol. The van der Waals surface area contributed by atoms with Crippen LogP contribution in [-0.2, 0) is 14.1 Å². The number of esters is 1. The fourth-order valence-electron chi connectivity index (χ4n) is 3.56. The number of carbonyl (C=O) groups is 1. The quantitative estimate of drug-likeness (QED) is 0.363. The first-order valence-corrected chi connectivity index (χ1v) is 12.1. The summed E-state index contributed by atoms with van der Waals surface area (Å²) in [5, 5.41) is 1.63. The molecule has 0 bridgehead atoms. The molecular formula is C24H20BrO4P. The summed E-state index contributed by atoms with van der Waals surface area (Å²) in [5.74, 6) is 0.168. The maximum Gasteiger partial charge on any atom is 0.344 e. The summed E-state index contributed by atoms with van der Waals surface area (Å²) in [6.45, 7) is 1.95. The van der Waals surface area contributed by atoms with Crippen molar-refractivity contribution in [1.29, 1.82) is 0 Å². The van der Waals surface area contributed by atoms with Gasteiger partial charge >= 0.3 is 5.97 Å². The standard InChI is InChI=1S/C24H20BrO4P/c1-2-28-22(26)16-29-18-14-12-17(13-15-18)23-20-10-6-7-11-21(20)30(27,24(23)25)19-8-4-3-5-9-19/h3-15H,2,16H2,1H3. The minimum Gasteiger partial charge on any atom is -0.482 e. The molecule has 4 rings (SSSR count). The van der Waals surface area contributed by atoms with Crippen molar-refractivity contribution < 1.29 is 18.8 Å². The molecule has 152 valence electrons. The van der Waals surface area contributed by atoms with E-state index in [4.69, 9.17) is 9.47 Å². The molecule has 3 aromatic rings. The summed E-state index contributed by atoms with van der Waals surface area (Å²) >= 11 is 3.69. The van der Waals surface area contributed by atoms with Crippen molar-refractivity contribution in [3.05, 3.63) is 94.2 Å². The van der Waals surface area contributed by atoms with Crippen molar-refractivity contribution in [2.24, 2.45) is 0 Å². The van der Waals surface area contributed by atoms with Crippen LogP contribution in [0.1, 0.15) is 18.1 Å². The normalized spacial score (nSPS) is 17.5. The van der Waals surface area contributed by atoms with Crippen molar-refractivity contribution in [2.75, 3.05) is 13.2 Å². The van der Waals surface area contributed by atoms with E-state index in [9.17, 15) is 9.36 Å². The molecule has 1 heterocycles. The Kier molecular flexibility index (Phi) is 5.94. The van der Waals surface area contributed by atoms with Crippen LogP contribution in [0.15, 0.2) is 83.1 Å². The Bertz CT molecular complexity index is 1150. The number of hydrogen-bond acceptors (Lipinski definition) is 4. The number of halogens is 1. The summed E-state index contributed by atoms with van der Waals surface area (Å²) in [6.07, 6.45) is 0. The number of fused-ring (bicyclic) bond motifs is 1. The van der Waals surface area contributed by atoms with Gasteiger partial charge in [0.15, 0.2) is 13.7 Å². The number of hydrogen-bond donors (Lipinski definition) is 0. The highest BCUT2D eigenvalue weighted by Gasteiger charge is 2.41. The van der Waals surface area contributed by atoms with Crippen LogP contribution in [0, 0.1) is 0 Å². The Hall–Kier alpha value is -2.62. The zero-order chi connectivity index (χ0) is 21.1. The molecule has 6 heteroatoms. The molecule has 30 heavy (non-hydrogen) atoms. The molecule has 1 aliphatic rings. The molecule has 0 saturated carbocycles. The summed E-state index contributed by atoms with van der Waals surface area (Å²) in [5.41, 5.74) is 2.79. The molecule has 0 N–H and O–H groups in total. The highest BCUT2D eigenvalue weighted by atomic mass is 79.9. The Morgan fingerprint density at radius 1 is 0.933 bits per heavy atom. The minimum atomic E-state index is -2.97. The van der Waals surface area contributed by atoms with Crippen LogP contribution >= 0.6 is 23.1 Å². The molecule has 0 aliphatic carbocycles. The number of carbonyl (C=O) groups excluding carboxylic acids is 1. The van der Waals surface area contributed by atoms with Gasteiger partial charge in [0.2, 0.25) is 0 Å². The van der Waals surface area contributed by atoms with Crippen molar-refractivity contribution in [3.63, 3.8) is 0 Å². The van der Waals surface area contributed by atoms with Crippen LogP contribution in [0.4, 0.5) is 0 Å². The fraction of sp³-hybridized carbons (Fsp3) is 0.125. The lowest BCUT2D eigenvalue weighted by atomic mass is 10.00. The molecule has 0 saturated heterocycles. The Morgan fingerprint density at radius 2 is 1.60 bits per heavy atom. The van der Waals surface area contributed by atoms with E-state index < -0.39 is 13.1 Å². The lowest BCUT2D eigenvalue weighted by molar-refractivity contribution is -0.145. The smallest absolute Gasteiger partial charge is 0.344 e. The Morgan fingerprint density at radius 3 is 2.30 bits per heavy atom. The zero-order valence-corrected chi connectivity index (χ0v) is 18.9. The SMILES string of the molecule is CCOC(=O)COc1ccc(C2=C(Br)P(=O)(c3ccccc3)c3ccccc32)cc1. The van der Waals surface area contributed by atoms with Crippen LogP contribution in [0.25, 0.3) is 5.57 Å². The van der Waals surface area contributed by atoms with Crippen LogP contribution in [0.2, 0.25) is 0 Å². The van der Waals surface area contributed by atoms with E-state index in [2.05, 4.69) is 15.9 Å². The lowest BCUT2D eigenvalue weighted by Crippen LogP contribution is -2.14. The highest BCUT2D eigenvalue weighted by molar-refractivity contribution is 9.13. The van der Waals surface area contributed by atoms with Crippen LogP contribution in [0.3, 0.4) is 0 Å². The minimum absolute atomic E-state index is 0.133. The van der Waals surface area contributed by atoms with Crippen LogP contribution in [-0.4, -0.2) is 19.2 Å². The van der Waals surface area contributed by atoms with Crippen LogP contribution < -0.4 is 15.3 Å². The molecule has 4 nitrogen and oxygen atoms in total. The molecule has 0 fully saturated rings. The lowest BCUT2D eigenvalue weighted by Gasteiger charge is -2.14. The fourth-order valence-corrected chi connectivity index (χ4v) is 7.89. The molecule has 0 aromatic heterocycles. The highest BCUT2D eigenvalue weighted by Crippen LogP contribution is 2.63. The topological polar surface area (TPSA) is 52.6 Å². The van der Waals surface area contributed by atoms with E-state index in [1.54, 1.807) is 19.1 Å². The van der Waals surface area contributed by atoms with Gasteiger partial charge in [-0.05, 0) is 46.1 Å². The van der Waals surface area contributed by atoms with E-state index in [0.29, 0.717) is 16.6 Å². The maximum atomic E-state index is 14.3. The molecular weight excluding hydrogens is 463 g/mol. The van der Waals surface area contributed by atoms with Crippen molar-refractivity contribution in [3.8, 4) is 5.75 Å². The average Bonchev–Trinajstić information content (AvgIpc) is 3.02. The Balaban J connectivity index is 1.72. The van der Waals surface area contributed by atoms with Gasteiger partial charge in [-0.15, -0.1) is 0 Å². The van der Waals surface area contributed by atoms with E-state index in [0.717, 1.165) is 27.3 Å². The first kappa shape index (κ1) is 20.6. The van der Waals surface area contributed by atoms with Gasteiger partial charge < -0.3 is 14.0 Å². The van der Waals surface area contributed by atoms with Gasteiger partial charge in [-0.1, -0.05) is 66.7 Å². The summed E-state index contributed by atoms with van der Waals surface area (Å²) < 4.78 is 25.3. The second kappa shape index (κ2) is 8.63. The van der Waals surface area contributed by atoms with Gasteiger partial charge in [-0.25, -0.2) is 4.79 Å². The second-order valence-corrected chi connectivity index (χ2v) is 10.8. The van der Waals surface area contributed by atoms with E-state index in [-0.39, 0.29) is 6.61 Å². The monoisotopic (exact) mass is 482 g/mol. The third-order valence-electron chi connectivity index (χ3n) is 4.92. The average molecular weight is 483 g/mol. The first-order chi connectivity index (χ1) is 14.6. The van der Waals surface area contributed by atoms with Gasteiger partial charge in [0.1, 0.15) is 5.75 Å². The van der Waals surface area contributed by atoms with Crippen molar-refractivity contribution in [1.82, 2.24) is 0 Å². The van der Waals surface area contributed by atoms with E-state index in [1.165, 1.54) is 0 Å². The van der Waals surface area contributed by atoms with Gasteiger partial charge in [0.25, 0.3) is 0 Å². The maximum absolute atomic E-state index is 14.3. The summed E-state index contributed by atoms with van der Waals surface area (Å²) in [7, 11) is -2.97. The first-order valence-electron chi connectivity index (χ1n) is 9.60. The van der Waals surface area contributed by atoms with Crippen LogP contribution in [0.5, 0.6) is 5.75 Å². The van der Waals surface area contributed by atoms with E-state index >= 15 is 0 Å². The predicted octanol–water partition coefficient (Wildman–Crippen LogP) is 5.07. The summed E-state index contributed by atoms with van der Waals surface area (Å²) in [6, 6.07) is 24.8. The zero-order valence-electron chi connectivity index (χ0n) is 16.4. The summed E-state index contributed by atoms with van der Waals surface area (Å²) in [4.78, 5) is 11.5. The molecule has 0 amide bonds. The van der Waals surface area contributed by atoms with Gasteiger partial charge in [-0.3, -0.25) is 0 Å². The number of benzene rings is 3. The second-order valence-electron chi connectivity index (χ2n) is 6.75. The third-order valence-corrected chi connectivity index (χ3v) is 9.69. The van der Waals surface area contributed by atoms with Gasteiger partial charge in [-0.2, -0.15) is 0 Å². The van der Waals surface area contributed by atoms with Crippen molar-refractivity contribution >= 4 is 45.2 Å². The number of ether oxygens (including phenoxy) is 2. The largest absolute Gasteiger partial charge is 0.482 e. The molecule has 3 aromatic carbocycles. The van der Waals surface area contributed by atoms with E-state index in [1.807, 2.05) is 66.7 Å². The number of rotatable bonds is 6. The van der Waals surface area contributed by atoms with Gasteiger partial charge in [0.05, 0.1) is 10.8 Å². The van der Waals surface area contributed by atoms with Crippen molar-refractivity contribution in [2.45, 2.75) is 6.92 Å². The molecule has 0 spiro atoms. The molecule has 1 atom stereocenters. The molecule has 1 unspecified atom stereocenters. The molecule has 0 radical (unpaired) electrons.